The molecule has 2 unspecified atom stereocenters. The fourth-order valence-corrected chi connectivity index (χ4v) is 7.16. The van der Waals surface area contributed by atoms with Crippen LogP contribution in [0.1, 0.15) is 34.0 Å². The van der Waals surface area contributed by atoms with Gasteiger partial charge in [-0.3, -0.25) is 4.79 Å². The maximum Gasteiger partial charge on any atom is 0.251 e. The Hall–Kier alpha value is -4.16. The number of piperazine rings is 1. The molecule has 1 aliphatic heterocycles. The van der Waals surface area contributed by atoms with Gasteiger partial charge in [0.15, 0.2) is 0 Å². The monoisotopic (exact) mass is 662 g/mol. The number of sulfonamides is 1. The topological polar surface area (TPSA) is 102 Å². The van der Waals surface area contributed by atoms with Crippen LogP contribution in [0.15, 0.2) is 102 Å². The molecule has 47 heavy (non-hydrogen) atoms. The van der Waals surface area contributed by atoms with Gasteiger partial charge in [0.05, 0.1) is 17.0 Å². The molecule has 0 bridgehead atoms. The highest BCUT2D eigenvalue weighted by Gasteiger charge is 2.29. The van der Waals surface area contributed by atoms with E-state index in [4.69, 9.17) is 0 Å². The van der Waals surface area contributed by atoms with Crippen molar-refractivity contribution in [2.45, 2.75) is 43.4 Å². The number of amides is 1. The first-order valence-corrected chi connectivity index (χ1v) is 17.2. The number of hydrogen-bond donors (Lipinski definition) is 3. The van der Waals surface area contributed by atoms with Crippen molar-refractivity contribution >= 4 is 21.6 Å². The molecule has 4 aromatic rings. The quantitative estimate of drug-likeness (QED) is 0.195. The standard InChI is InChI=1S/C36H40F2N4O4S/c1-2-26-7-6-8-27(19-26)24-39-25-35(43)34(22-28-20-30(37)23-31(38)21-28)40-36(44)29-11-13-33(14-12-29)47(45,46)42-17-15-41(16-18-42)32-9-4-3-5-10-32/h3-14,19-21,23,34-35,39,43H,2,15-18,22,24-25H2,1H3,(H,40,44). The van der Waals surface area contributed by atoms with Crippen LogP contribution in [-0.2, 0) is 29.4 Å². The lowest BCUT2D eigenvalue weighted by Gasteiger charge is -2.35. The average Bonchev–Trinajstić information content (AvgIpc) is 3.08. The molecule has 8 nitrogen and oxygen atoms in total. The zero-order chi connectivity index (χ0) is 33.4. The first kappa shape index (κ1) is 34.2. The van der Waals surface area contributed by atoms with E-state index in [0.717, 1.165) is 35.9 Å². The first-order valence-electron chi connectivity index (χ1n) is 15.7. The van der Waals surface area contributed by atoms with Gasteiger partial charge in [0, 0.05) is 56.6 Å². The minimum atomic E-state index is -3.78. The summed E-state index contributed by atoms with van der Waals surface area (Å²) in [7, 11) is -3.78. The van der Waals surface area contributed by atoms with E-state index in [0.29, 0.717) is 32.7 Å². The molecule has 0 saturated carbocycles. The van der Waals surface area contributed by atoms with E-state index in [1.807, 2.05) is 48.5 Å². The summed E-state index contributed by atoms with van der Waals surface area (Å²) in [5.74, 6) is -2.07. The molecule has 5 rings (SSSR count). The number of aliphatic hydroxyl groups is 1. The highest BCUT2D eigenvalue weighted by atomic mass is 32.2. The van der Waals surface area contributed by atoms with Crippen molar-refractivity contribution in [3.05, 3.63) is 131 Å². The molecule has 11 heteroatoms. The van der Waals surface area contributed by atoms with E-state index in [1.165, 1.54) is 34.1 Å². The van der Waals surface area contributed by atoms with Crippen LogP contribution in [0.3, 0.4) is 0 Å². The third-order valence-electron chi connectivity index (χ3n) is 8.36. The Bertz CT molecular complexity index is 1730. The van der Waals surface area contributed by atoms with Gasteiger partial charge < -0.3 is 20.6 Å². The van der Waals surface area contributed by atoms with Crippen LogP contribution in [0, 0.1) is 11.6 Å². The zero-order valence-corrected chi connectivity index (χ0v) is 27.1. The van der Waals surface area contributed by atoms with Gasteiger partial charge in [-0.2, -0.15) is 4.31 Å². The van der Waals surface area contributed by atoms with Crippen molar-refractivity contribution in [3.8, 4) is 0 Å². The van der Waals surface area contributed by atoms with Gasteiger partial charge in [-0.25, -0.2) is 17.2 Å². The molecule has 0 radical (unpaired) electrons. The molecule has 4 aromatic carbocycles. The number of nitrogens with zero attached hydrogens (tertiary/aromatic N) is 2. The first-order chi connectivity index (χ1) is 22.6. The minimum Gasteiger partial charge on any atom is -0.390 e. The molecular weight excluding hydrogens is 622 g/mol. The Morgan fingerprint density at radius 3 is 2.15 bits per heavy atom. The maximum atomic E-state index is 14.0. The minimum absolute atomic E-state index is 0.0317. The summed E-state index contributed by atoms with van der Waals surface area (Å²) >= 11 is 0. The number of halogens is 2. The third kappa shape index (κ3) is 9.01. The average molecular weight is 663 g/mol. The predicted molar refractivity (Wildman–Crippen MR) is 179 cm³/mol. The van der Waals surface area contributed by atoms with E-state index in [9.17, 15) is 27.1 Å². The van der Waals surface area contributed by atoms with Crippen molar-refractivity contribution in [1.82, 2.24) is 14.9 Å². The van der Waals surface area contributed by atoms with E-state index in [-0.39, 0.29) is 29.0 Å². The Labute approximate surface area is 275 Å². The highest BCUT2D eigenvalue weighted by Crippen LogP contribution is 2.22. The SMILES string of the molecule is CCc1cccc(CNCC(O)C(Cc2cc(F)cc(F)c2)NC(=O)c2ccc(S(=O)(=O)N3CCN(c4ccccc4)CC3)cc2)c1. The van der Waals surface area contributed by atoms with Gasteiger partial charge in [-0.05, 0) is 78.1 Å². The molecule has 1 aliphatic rings. The second-order valence-electron chi connectivity index (χ2n) is 11.7. The number of anilines is 1. The summed E-state index contributed by atoms with van der Waals surface area (Å²) in [5, 5.41) is 17.1. The normalized spacial score (nSPS) is 15.3. The van der Waals surface area contributed by atoms with Gasteiger partial charge in [0.1, 0.15) is 11.6 Å². The van der Waals surface area contributed by atoms with Crippen molar-refractivity contribution in [2.75, 3.05) is 37.6 Å². The third-order valence-corrected chi connectivity index (χ3v) is 10.3. The smallest absolute Gasteiger partial charge is 0.251 e. The lowest BCUT2D eigenvalue weighted by molar-refractivity contribution is 0.0829. The fourth-order valence-electron chi connectivity index (χ4n) is 5.74. The van der Waals surface area contributed by atoms with Crippen LogP contribution >= 0.6 is 0 Å². The van der Waals surface area contributed by atoms with Crippen LogP contribution in [-0.4, -0.2) is 68.6 Å². The van der Waals surface area contributed by atoms with E-state index in [1.54, 1.807) is 0 Å². The Morgan fingerprint density at radius 1 is 0.830 bits per heavy atom. The number of para-hydroxylation sites is 1. The second kappa shape index (κ2) is 15.6. The van der Waals surface area contributed by atoms with Gasteiger partial charge >= 0.3 is 0 Å². The Morgan fingerprint density at radius 2 is 1.49 bits per heavy atom. The molecule has 1 amide bonds. The molecular formula is C36H40F2N4O4S. The van der Waals surface area contributed by atoms with Gasteiger partial charge in [0.25, 0.3) is 5.91 Å². The molecule has 1 heterocycles. The summed E-state index contributed by atoms with van der Waals surface area (Å²) in [5.41, 5.74) is 3.73. The van der Waals surface area contributed by atoms with Gasteiger partial charge in [-0.15, -0.1) is 0 Å². The number of benzene rings is 4. The summed E-state index contributed by atoms with van der Waals surface area (Å²) in [4.78, 5) is 15.5. The van der Waals surface area contributed by atoms with Gasteiger partial charge in [0.2, 0.25) is 10.0 Å². The highest BCUT2D eigenvalue weighted by molar-refractivity contribution is 7.89. The molecule has 0 spiro atoms. The van der Waals surface area contributed by atoms with Gasteiger partial charge in [-0.1, -0.05) is 49.4 Å². The Kier molecular flexibility index (Phi) is 11.4. The number of aryl methyl sites for hydroxylation is 1. The molecule has 0 aliphatic carbocycles. The van der Waals surface area contributed by atoms with Crippen LogP contribution in [0.4, 0.5) is 14.5 Å². The lowest BCUT2D eigenvalue weighted by Crippen LogP contribution is -2.49. The van der Waals surface area contributed by atoms with Crippen molar-refractivity contribution in [1.29, 1.82) is 0 Å². The molecule has 3 N–H and O–H groups in total. The molecule has 2 atom stereocenters. The molecule has 1 saturated heterocycles. The maximum absolute atomic E-state index is 14.0. The number of carbonyl (C=O) groups excluding carboxylic acids is 1. The van der Waals surface area contributed by atoms with Crippen molar-refractivity contribution < 1.29 is 27.1 Å². The number of hydrogen-bond acceptors (Lipinski definition) is 6. The summed E-state index contributed by atoms with van der Waals surface area (Å²) < 4.78 is 56.1. The Balaban J connectivity index is 1.24. The van der Waals surface area contributed by atoms with Crippen molar-refractivity contribution in [3.63, 3.8) is 0 Å². The summed E-state index contributed by atoms with van der Waals surface area (Å²) in [6.45, 7) is 4.44. The van der Waals surface area contributed by atoms with E-state index >= 15 is 0 Å². The van der Waals surface area contributed by atoms with Crippen LogP contribution in [0.25, 0.3) is 0 Å². The lowest BCUT2D eigenvalue weighted by atomic mass is 10.00. The zero-order valence-electron chi connectivity index (χ0n) is 26.3. The van der Waals surface area contributed by atoms with Crippen LogP contribution in [0.2, 0.25) is 0 Å². The van der Waals surface area contributed by atoms with E-state index < -0.39 is 39.7 Å². The number of rotatable bonds is 13. The summed E-state index contributed by atoms with van der Waals surface area (Å²) in [6.07, 6.45) is -0.238. The summed E-state index contributed by atoms with van der Waals surface area (Å²) in [6, 6.07) is 25.7. The molecule has 248 valence electrons. The largest absolute Gasteiger partial charge is 0.390 e. The fraction of sp³-hybridized carbons (Fsp3) is 0.306. The molecule has 1 fully saturated rings. The van der Waals surface area contributed by atoms with E-state index in [2.05, 4.69) is 28.5 Å². The predicted octanol–water partition coefficient (Wildman–Crippen LogP) is 4.53. The van der Waals surface area contributed by atoms with Crippen molar-refractivity contribution in [2.24, 2.45) is 0 Å². The van der Waals surface area contributed by atoms with Crippen LogP contribution < -0.4 is 15.5 Å². The number of carbonyl (C=O) groups is 1. The second-order valence-corrected chi connectivity index (χ2v) is 13.6. The van der Waals surface area contributed by atoms with Crippen LogP contribution in [0.5, 0.6) is 0 Å². The number of aliphatic hydroxyl groups excluding tert-OH is 1. The number of nitrogens with one attached hydrogen (secondary N) is 2. The molecule has 0 aromatic heterocycles.